The van der Waals surface area contributed by atoms with E-state index in [-0.39, 0.29) is 24.5 Å². The van der Waals surface area contributed by atoms with Crippen LogP contribution in [0, 0.1) is 0 Å². The fourth-order valence-electron chi connectivity index (χ4n) is 3.65. The van der Waals surface area contributed by atoms with Crippen molar-refractivity contribution in [2.24, 2.45) is 0 Å². The van der Waals surface area contributed by atoms with Gasteiger partial charge in [-0.1, -0.05) is 43.2 Å². The van der Waals surface area contributed by atoms with E-state index in [0.717, 1.165) is 57.2 Å². The fraction of sp³-hybridized carbons (Fsp3) is 0.600. The summed E-state index contributed by atoms with van der Waals surface area (Å²) in [7, 11) is 0. The average molecular weight is 344 g/mol. The summed E-state index contributed by atoms with van der Waals surface area (Å²) >= 11 is 0. The quantitative estimate of drug-likeness (QED) is 0.863. The molecule has 1 aliphatic heterocycles. The maximum Gasteiger partial charge on any atom is 0.254 e. The first-order chi connectivity index (χ1) is 12.2. The van der Waals surface area contributed by atoms with E-state index in [9.17, 15) is 9.59 Å². The van der Waals surface area contributed by atoms with Crippen molar-refractivity contribution in [1.82, 2.24) is 10.2 Å². The Kier molecular flexibility index (Phi) is 6.45. The number of hydrogen-bond donors (Lipinski definition) is 1. The van der Waals surface area contributed by atoms with Crippen molar-refractivity contribution < 1.29 is 14.3 Å². The molecule has 0 radical (unpaired) electrons. The summed E-state index contributed by atoms with van der Waals surface area (Å²) in [4.78, 5) is 26.8. The summed E-state index contributed by atoms with van der Waals surface area (Å²) in [6, 6.07) is 9.56. The third kappa shape index (κ3) is 5.05. The first kappa shape index (κ1) is 17.9. The molecule has 0 aromatic heterocycles. The number of carbonyl (C=O) groups excluding carboxylic acids is 2. The lowest BCUT2D eigenvalue weighted by Crippen LogP contribution is -2.44. The largest absolute Gasteiger partial charge is 0.360 e. The first-order valence-corrected chi connectivity index (χ1v) is 9.50. The lowest BCUT2D eigenvalue weighted by molar-refractivity contribution is -0.140. The van der Waals surface area contributed by atoms with Gasteiger partial charge in [-0.05, 0) is 37.7 Å². The van der Waals surface area contributed by atoms with Crippen LogP contribution in [0.1, 0.15) is 56.6 Å². The summed E-state index contributed by atoms with van der Waals surface area (Å²) in [6.45, 7) is 1.65. The molecule has 1 saturated carbocycles. The van der Waals surface area contributed by atoms with Crippen LogP contribution in [-0.4, -0.2) is 42.5 Å². The molecule has 3 rings (SSSR count). The van der Waals surface area contributed by atoms with Gasteiger partial charge in [0.1, 0.15) is 0 Å². The molecule has 0 unspecified atom stereocenters. The minimum absolute atomic E-state index is 0.000674. The Balaban J connectivity index is 1.59. The van der Waals surface area contributed by atoms with Crippen molar-refractivity contribution >= 4 is 11.8 Å². The second kappa shape index (κ2) is 8.99. The number of nitrogens with one attached hydrogen (secondary N) is 1. The molecule has 1 atom stereocenters. The number of ether oxygens (including phenoxy) is 1. The van der Waals surface area contributed by atoms with Crippen molar-refractivity contribution in [3.63, 3.8) is 0 Å². The highest BCUT2D eigenvalue weighted by Gasteiger charge is 2.28. The van der Waals surface area contributed by atoms with E-state index in [1.54, 1.807) is 0 Å². The number of piperidine rings is 1. The van der Waals surface area contributed by atoms with Gasteiger partial charge in [0, 0.05) is 13.1 Å². The summed E-state index contributed by atoms with van der Waals surface area (Å²) in [5, 5.41) is 2.80. The molecular weight excluding hydrogens is 316 g/mol. The Hall–Kier alpha value is -1.88. The van der Waals surface area contributed by atoms with E-state index in [0.29, 0.717) is 0 Å². The number of rotatable bonds is 6. The van der Waals surface area contributed by atoms with E-state index in [2.05, 4.69) is 5.32 Å². The van der Waals surface area contributed by atoms with Crippen LogP contribution in [0.4, 0.5) is 0 Å². The lowest BCUT2D eigenvalue weighted by Gasteiger charge is -2.27. The molecule has 136 valence electrons. The second-order valence-corrected chi connectivity index (χ2v) is 6.99. The van der Waals surface area contributed by atoms with Crippen molar-refractivity contribution in [2.45, 2.75) is 57.2 Å². The van der Waals surface area contributed by atoms with Crippen molar-refractivity contribution in [3.05, 3.63) is 35.9 Å². The molecule has 5 nitrogen and oxygen atoms in total. The van der Waals surface area contributed by atoms with Crippen LogP contribution in [0.25, 0.3) is 0 Å². The highest BCUT2D eigenvalue weighted by atomic mass is 16.5. The van der Waals surface area contributed by atoms with E-state index < -0.39 is 6.10 Å². The monoisotopic (exact) mass is 344 g/mol. The molecule has 0 spiro atoms. The molecule has 1 aliphatic carbocycles. The molecule has 2 fully saturated rings. The van der Waals surface area contributed by atoms with E-state index >= 15 is 0 Å². The molecule has 1 aromatic carbocycles. The van der Waals surface area contributed by atoms with Gasteiger partial charge in [0.15, 0.2) is 6.10 Å². The maximum atomic E-state index is 12.7. The molecular formula is C20H28N2O3. The highest BCUT2D eigenvalue weighted by Crippen LogP contribution is 2.28. The zero-order chi connectivity index (χ0) is 17.5. The predicted octanol–water partition coefficient (Wildman–Crippen LogP) is 2.82. The van der Waals surface area contributed by atoms with Gasteiger partial charge in [-0.25, -0.2) is 0 Å². The highest BCUT2D eigenvalue weighted by molar-refractivity contribution is 5.87. The zero-order valence-electron chi connectivity index (χ0n) is 14.8. The summed E-state index contributed by atoms with van der Waals surface area (Å²) in [5.41, 5.74) is 0.845. The van der Waals surface area contributed by atoms with Gasteiger partial charge in [-0.15, -0.1) is 0 Å². The van der Waals surface area contributed by atoms with E-state index in [1.165, 1.54) is 6.42 Å². The Morgan fingerprint density at radius 3 is 2.40 bits per heavy atom. The van der Waals surface area contributed by atoms with Gasteiger partial charge >= 0.3 is 0 Å². The minimum Gasteiger partial charge on any atom is -0.360 e. The molecule has 2 aliphatic rings. The van der Waals surface area contributed by atoms with Crippen molar-refractivity contribution in [2.75, 3.05) is 19.6 Å². The number of hydrogen-bond acceptors (Lipinski definition) is 3. The van der Waals surface area contributed by atoms with Crippen LogP contribution >= 0.6 is 0 Å². The standard InChI is InChI=1S/C20H28N2O3/c23-18(22-13-7-2-8-14-22)15-21-20(24)19(16-9-3-1-4-10-16)25-17-11-5-6-12-17/h1,3-4,9-10,17,19H,2,5-8,11-15H2,(H,21,24)/t19-/m0/s1. The second-order valence-electron chi connectivity index (χ2n) is 6.99. The Morgan fingerprint density at radius 2 is 1.72 bits per heavy atom. The summed E-state index contributed by atoms with van der Waals surface area (Å²) in [6.07, 6.45) is 7.09. The number of likely N-dealkylation sites (tertiary alicyclic amines) is 1. The lowest BCUT2D eigenvalue weighted by atomic mass is 10.1. The Morgan fingerprint density at radius 1 is 1.04 bits per heavy atom. The summed E-state index contributed by atoms with van der Waals surface area (Å²) < 4.78 is 6.10. The molecule has 1 saturated heterocycles. The van der Waals surface area contributed by atoms with Crippen LogP contribution in [0.2, 0.25) is 0 Å². The number of nitrogens with zero attached hydrogens (tertiary/aromatic N) is 1. The third-order valence-electron chi connectivity index (χ3n) is 5.09. The van der Waals surface area contributed by atoms with E-state index in [4.69, 9.17) is 4.74 Å². The van der Waals surface area contributed by atoms with Gasteiger partial charge in [-0.3, -0.25) is 9.59 Å². The van der Waals surface area contributed by atoms with Crippen LogP contribution in [0.3, 0.4) is 0 Å². The van der Waals surface area contributed by atoms with Gasteiger partial charge in [0.05, 0.1) is 12.6 Å². The maximum absolute atomic E-state index is 12.7. The van der Waals surface area contributed by atoms with Crippen LogP contribution in [0.5, 0.6) is 0 Å². The fourth-order valence-corrected chi connectivity index (χ4v) is 3.65. The van der Waals surface area contributed by atoms with Crippen LogP contribution in [0.15, 0.2) is 30.3 Å². The van der Waals surface area contributed by atoms with Crippen LogP contribution in [-0.2, 0) is 14.3 Å². The zero-order valence-corrected chi connectivity index (χ0v) is 14.8. The number of carbonyl (C=O) groups is 2. The van der Waals surface area contributed by atoms with Gasteiger partial charge in [0.25, 0.3) is 5.91 Å². The predicted molar refractivity (Wildman–Crippen MR) is 96.0 cm³/mol. The molecule has 5 heteroatoms. The minimum atomic E-state index is -0.640. The molecule has 0 bridgehead atoms. The molecule has 1 heterocycles. The number of amides is 2. The SMILES string of the molecule is O=C(NCC(=O)N1CCCCC1)[C@@H](OC1CCCC1)c1ccccc1. The Labute approximate surface area is 149 Å². The van der Waals surface area contributed by atoms with Crippen molar-refractivity contribution in [3.8, 4) is 0 Å². The third-order valence-corrected chi connectivity index (χ3v) is 5.09. The van der Waals surface area contributed by atoms with E-state index in [1.807, 2.05) is 35.2 Å². The van der Waals surface area contributed by atoms with Gasteiger partial charge in [0.2, 0.25) is 5.91 Å². The summed E-state index contributed by atoms with van der Waals surface area (Å²) in [5.74, 6) is -0.218. The molecule has 1 N–H and O–H groups in total. The molecule has 1 aromatic rings. The first-order valence-electron chi connectivity index (χ1n) is 9.50. The van der Waals surface area contributed by atoms with Gasteiger partial charge in [-0.2, -0.15) is 0 Å². The molecule has 25 heavy (non-hydrogen) atoms. The molecule has 2 amide bonds. The Bertz CT molecular complexity index is 564. The van der Waals surface area contributed by atoms with Crippen LogP contribution < -0.4 is 5.32 Å². The van der Waals surface area contributed by atoms with Gasteiger partial charge < -0.3 is 15.0 Å². The topological polar surface area (TPSA) is 58.6 Å². The normalized spacial score (nSPS) is 19.6. The van der Waals surface area contributed by atoms with Crippen molar-refractivity contribution in [1.29, 1.82) is 0 Å². The average Bonchev–Trinajstić information content (AvgIpc) is 3.18. The smallest absolute Gasteiger partial charge is 0.254 e. The number of benzene rings is 1.